The Hall–Kier alpha value is -0.630. The quantitative estimate of drug-likeness (QED) is 0.807. The summed E-state index contributed by atoms with van der Waals surface area (Å²) in [6, 6.07) is 2.36. The lowest BCUT2D eigenvalue weighted by Gasteiger charge is -2.45. The number of hydrogen-bond acceptors (Lipinski definition) is 4. The van der Waals surface area contributed by atoms with Crippen LogP contribution in [0.2, 0.25) is 0 Å². The van der Waals surface area contributed by atoms with E-state index in [0.29, 0.717) is 6.42 Å². The molecule has 1 N–H and O–H groups in total. The molecular weight excluding hydrogens is 218 g/mol. The van der Waals surface area contributed by atoms with E-state index in [9.17, 15) is 10.4 Å². The van der Waals surface area contributed by atoms with Crippen molar-refractivity contribution in [2.75, 3.05) is 13.7 Å². The molecular formula is C13H21NO3. The van der Waals surface area contributed by atoms with Gasteiger partial charge in [-0.2, -0.15) is 5.26 Å². The van der Waals surface area contributed by atoms with Crippen molar-refractivity contribution in [3.8, 4) is 6.07 Å². The zero-order valence-corrected chi connectivity index (χ0v) is 10.8. The van der Waals surface area contributed by atoms with Crippen molar-refractivity contribution in [3.05, 3.63) is 0 Å². The summed E-state index contributed by atoms with van der Waals surface area (Å²) in [5, 5.41) is 20.5. The Morgan fingerprint density at radius 3 is 2.65 bits per heavy atom. The number of fused-ring (bicyclic) bond motifs is 2. The van der Waals surface area contributed by atoms with Crippen LogP contribution >= 0.6 is 0 Å². The monoisotopic (exact) mass is 239 g/mol. The van der Waals surface area contributed by atoms with Crippen LogP contribution in [-0.2, 0) is 9.47 Å². The first-order valence-electron chi connectivity index (χ1n) is 6.28. The van der Waals surface area contributed by atoms with Gasteiger partial charge in [-0.25, -0.2) is 0 Å². The number of ether oxygens (including phenoxy) is 2. The Morgan fingerprint density at radius 1 is 1.59 bits per heavy atom. The average molecular weight is 239 g/mol. The Morgan fingerprint density at radius 2 is 2.29 bits per heavy atom. The fourth-order valence-electron chi connectivity index (χ4n) is 3.41. The van der Waals surface area contributed by atoms with Crippen LogP contribution in [0.3, 0.4) is 0 Å². The van der Waals surface area contributed by atoms with Crippen LogP contribution in [0.1, 0.15) is 33.1 Å². The van der Waals surface area contributed by atoms with Gasteiger partial charge in [0.2, 0.25) is 0 Å². The molecule has 2 heterocycles. The topological polar surface area (TPSA) is 62.5 Å². The highest BCUT2D eigenvalue weighted by Crippen LogP contribution is 2.55. The van der Waals surface area contributed by atoms with Gasteiger partial charge in [0.05, 0.1) is 24.9 Å². The third-order valence-corrected chi connectivity index (χ3v) is 4.50. The molecule has 0 radical (unpaired) electrons. The second-order valence-electron chi connectivity index (χ2n) is 5.62. The van der Waals surface area contributed by atoms with Gasteiger partial charge in [0.25, 0.3) is 0 Å². The smallest absolute Gasteiger partial charge is 0.117 e. The van der Waals surface area contributed by atoms with Crippen LogP contribution in [0.25, 0.3) is 0 Å². The molecule has 0 aromatic carbocycles. The van der Waals surface area contributed by atoms with Gasteiger partial charge in [0, 0.05) is 7.11 Å². The van der Waals surface area contributed by atoms with Crippen molar-refractivity contribution in [1.29, 1.82) is 5.26 Å². The molecule has 4 atom stereocenters. The molecule has 2 aliphatic rings. The predicted octanol–water partition coefficient (Wildman–Crippen LogP) is 1.48. The number of rotatable bonds is 4. The Bertz CT molecular complexity index is 338. The molecule has 0 amide bonds. The van der Waals surface area contributed by atoms with Crippen LogP contribution in [0.5, 0.6) is 0 Å². The number of aliphatic hydroxyl groups is 1. The van der Waals surface area contributed by atoms with Crippen LogP contribution < -0.4 is 0 Å². The van der Waals surface area contributed by atoms with Gasteiger partial charge >= 0.3 is 0 Å². The van der Waals surface area contributed by atoms with Gasteiger partial charge in [-0.1, -0.05) is 13.8 Å². The maximum Gasteiger partial charge on any atom is 0.117 e. The van der Waals surface area contributed by atoms with Crippen molar-refractivity contribution in [3.63, 3.8) is 0 Å². The second kappa shape index (κ2) is 4.24. The molecule has 2 rings (SSSR count). The summed E-state index contributed by atoms with van der Waals surface area (Å²) in [6.07, 6.45) is 2.51. The van der Waals surface area contributed by atoms with E-state index < -0.39 is 11.0 Å². The highest BCUT2D eigenvalue weighted by molar-refractivity contribution is 5.21. The third-order valence-electron chi connectivity index (χ3n) is 4.50. The van der Waals surface area contributed by atoms with E-state index in [1.807, 2.05) is 13.8 Å². The summed E-state index contributed by atoms with van der Waals surface area (Å²) < 4.78 is 10.9. The summed E-state index contributed by atoms with van der Waals surface area (Å²) in [5.41, 5.74) is -1.93. The lowest BCUT2D eigenvalue weighted by atomic mass is 9.60. The Labute approximate surface area is 103 Å². The molecule has 2 fully saturated rings. The normalized spacial score (nSPS) is 39.3. The van der Waals surface area contributed by atoms with E-state index in [0.717, 1.165) is 12.8 Å². The molecule has 96 valence electrons. The maximum atomic E-state index is 10.9. The van der Waals surface area contributed by atoms with Gasteiger partial charge in [-0.15, -0.1) is 0 Å². The molecule has 0 aliphatic carbocycles. The van der Waals surface area contributed by atoms with Crippen molar-refractivity contribution in [2.24, 2.45) is 11.3 Å². The first kappa shape index (κ1) is 12.8. The summed E-state index contributed by atoms with van der Waals surface area (Å²) in [4.78, 5) is 0. The van der Waals surface area contributed by atoms with Crippen molar-refractivity contribution >= 4 is 0 Å². The van der Waals surface area contributed by atoms with Gasteiger partial charge in [-0.05, 0) is 25.2 Å². The number of nitrogens with zero attached hydrogens (tertiary/aromatic N) is 1. The SMILES string of the molecule is COCC(O)(C(C)C)C1(C#N)CC2CCC1O2. The fraction of sp³-hybridized carbons (Fsp3) is 0.923. The molecule has 0 saturated carbocycles. The summed E-state index contributed by atoms with van der Waals surface area (Å²) >= 11 is 0. The summed E-state index contributed by atoms with van der Waals surface area (Å²) in [6.45, 7) is 4.05. The molecule has 0 spiro atoms. The Kier molecular flexibility index (Phi) is 3.19. The van der Waals surface area contributed by atoms with E-state index in [1.165, 1.54) is 0 Å². The lowest BCUT2D eigenvalue weighted by molar-refractivity contribution is -0.150. The molecule has 2 aliphatic heterocycles. The molecule has 2 saturated heterocycles. The third kappa shape index (κ3) is 1.61. The lowest BCUT2D eigenvalue weighted by Crippen LogP contribution is -2.58. The minimum atomic E-state index is -1.13. The minimum absolute atomic E-state index is 0.0370. The van der Waals surface area contributed by atoms with Crippen LogP contribution in [0, 0.1) is 22.7 Å². The van der Waals surface area contributed by atoms with Crippen molar-refractivity contribution in [2.45, 2.75) is 50.9 Å². The minimum Gasteiger partial charge on any atom is -0.385 e. The average Bonchev–Trinajstić information content (AvgIpc) is 2.89. The summed E-state index contributed by atoms with van der Waals surface area (Å²) in [7, 11) is 1.56. The van der Waals surface area contributed by atoms with Crippen LogP contribution in [0.15, 0.2) is 0 Å². The predicted molar refractivity (Wildman–Crippen MR) is 62.2 cm³/mol. The van der Waals surface area contributed by atoms with Crippen LogP contribution in [-0.4, -0.2) is 36.6 Å². The van der Waals surface area contributed by atoms with Gasteiger partial charge < -0.3 is 14.6 Å². The Balaban J connectivity index is 2.37. The number of nitriles is 1. The summed E-state index contributed by atoms with van der Waals surface area (Å²) in [5.74, 6) is -0.0370. The van der Waals surface area contributed by atoms with E-state index in [2.05, 4.69) is 6.07 Å². The standard InChI is InChI=1S/C13H21NO3/c1-9(2)13(15,8-16-3)12(7-14)6-10-4-5-11(12)17-10/h9-11,15H,4-6,8H2,1-3H3. The maximum absolute atomic E-state index is 10.9. The largest absolute Gasteiger partial charge is 0.385 e. The van der Waals surface area contributed by atoms with Gasteiger partial charge in [-0.3, -0.25) is 0 Å². The molecule has 0 aromatic heterocycles. The zero-order valence-electron chi connectivity index (χ0n) is 10.8. The molecule has 2 bridgehead atoms. The first-order valence-corrected chi connectivity index (χ1v) is 6.28. The second-order valence-corrected chi connectivity index (χ2v) is 5.62. The molecule has 4 nitrogen and oxygen atoms in total. The van der Waals surface area contributed by atoms with Crippen LogP contribution in [0.4, 0.5) is 0 Å². The highest BCUT2D eigenvalue weighted by atomic mass is 16.5. The van der Waals surface area contributed by atoms with E-state index >= 15 is 0 Å². The van der Waals surface area contributed by atoms with E-state index in [4.69, 9.17) is 9.47 Å². The molecule has 4 heteroatoms. The van der Waals surface area contributed by atoms with E-state index in [-0.39, 0.29) is 24.7 Å². The zero-order chi connectivity index (χ0) is 12.7. The van der Waals surface area contributed by atoms with Gasteiger partial charge in [0.15, 0.2) is 0 Å². The molecule has 4 unspecified atom stereocenters. The number of hydrogen-bond donors (Lipinski definition) is 1. The number of methoxy groups -OCH3 is 1. The van der Waals surface area contributed by atoms with Gasteiger partial charge in [0.1, 0.15) is 11.0 Å². The first-order chi connectivity index (χ1) is 8.00. The van der Waals surface area contributed by atoms with Crippen molar-refractivity contribution < 1.29 is 14.6 Å². The van der Waals surface area contributed by atoms with E-state index in [1.54, 1.807) is 7.11 Å². The fourth-order valence-corrected chi connectivity index (χ4v) is 3.41. The molecule has 0 aromatic rings. The van der Waals surface area contributed by atoms with Crippen molar-refractivity contribution in [1.82, 2.24) is 0 Å². The molecule has 17 heavy (non-hydrogen) atoms. The highest BCUT2D eigenvalue weighted by Gasteiger charge is 2.64.